The fourth-order valence-electron chi connectivity index (χ4n) is 3.04. The molecule has 1 fully saturated rings. The maximum atomic E-state index is 12.5. The van der Waals surface area contributed by atoms with Crippen LogP contribution in [0, 0.1) is 13.8 Å². The SMILES string of the molecule is CCOC(=O)CN1C(=O)S/C(=C\c2cccc(OCC(=O)Nc3cccc(C)c3C)c2)C1=O. The zero-order valence-corrected chi connectivity index (χ0v) is 19.4. The standard InChI is InChI=1S/C24H24N2O6S/c1-4-31-22(28)13-26-23(29)20(33-24(26)30)12-17-8-6-9-18(11-17)32-14-21(27)25-19-10-5-7-15(2)16(19)3/h5-12H,4,13-14H2,1-3H3,(H,25,27)/b20-12-. The molecule has 1 heterocycles. The Morgan fingerprint density at radius 3 is 2.64 bits per heavy atom. The number of thioether (sulfide) groups is 1. The lowest BCUT2D eigenvalue weighted by atomic mass is 10.1. The Kier molecular flexibility index (Phi) is 7.89. The van der Waals surface area contributed by atoms with Crippen LogP contribution in [-0.2, 0) is 19.1 Å². The van der Waals surface area contributed by atoms with E-state index in [-0.39, 0.29) is 24.0 Å². The molecule has 0 radical (unpaired) electrons. The van der Waals surface area contributed by atoms with Gasteiger partial charge in [-0.15, -0.1) is 0 Å². The highest BCUT2D eigenvalue weighted by Gasteiger charge is 2.36. The number of nitrogens with one attached hydrogen (secondary N) is 1. The second-order valence-electron chi connectivity index (χ2n) is 7.23. The van der Waals surface area contributed by atoms with Gasteiger partial charge in [0.2, 0.25) is 0 Å². The molecule has 1 aliphatic rings. The molecule has 1 N–H and O–H groups in total. The number of nitrogens with zero attached hydrogens (tertiary/aromatic N) is 1. The quantitative estimate of drug-likeness (QED) is 0.463. The molecular formula is C24H24N2O6S. The number of amides is 3. The van der Waals surface area contributed by atoms with Crippen molar-refractivity contribution in [2.75, 3.05) is 25.1 Å². The predicted octanol–water partition coefficient (Wildman–Crippen LogP) is 3.92. The van der Waals surface area contributed by atoms with Crippen molar-refractivity contribution in [2.45, 2.75) is 20.8 Å². The molecule has 33 heavy (non-hydrogen) atoms. The summed E-state index contributed by atoms with van der Waals surface area (Å²) in [6, 6.07) is 12.5. The number of carbonyl (C=O) groups excluding carboxylic acids is 4. The molecular weight excluding hydrogens is 444 g/mol. The van der Waals surface area contributed by atoms with Crippen LogP contribution < -0.4 is 10.1 Å². The molecule has 0 aromatic heterocycles. The fraction of sp³-hybridized carbons (Fsp3) is 0.250. The smallest absolute Gasteiger partial charge is 0.326 e. The summed E-state index contributed by atoms with van der Waals surface area (Å²) >= 11 is 0.750. The van der Waals surface area contributed by atoms with Crippen LogP contribution >= 0.6 is 11.8 Å². The van der Waals surface area contributed by atoms with E-state index in [0.717, 1.165) is 33.5 Å². The van der Waals surface area contributed by atoms with Crippen LogP contribution in [0.4, 0.5) is 10.5 Å². The normalized spacial score (nSPS) is 14.5. The highest BCUT2D eigenvalue weighted by molar-refractivity contribution is 8.18. The molecule has 3 rings (SSSR count). The average molecular weight is 469 g/mol. The summed E-state index contributed by atoms with van der Waals surface area (Å²) in [4.78, 5) is 49.6. The van der Waals surface area contributed by atoms with E-state index in [1.54, 1.807) is 37.3 Å². The summed E-state index contributed by atoms with van der Waals surface area (Å²) in [6.45, 7) is 5.11. The molecule has 8 nitrogen and oxygen atoms in total. The lowest BCUT2D eigenvalue weighted by Crippen LogP contribution is -2.34. The van der Waals surface area contributed by atoms with Crippen LogP contribution in [0.15, 0.2) is 47.4 Å². The molecule has 0 spiro atoms. The van der Waals surface area contributed by atoms with E-state index in [0.29, 0.717) is 11.3 Å². The van der Waals surface area contributed by atoms with E-state index in [9.17, 15) is 19.2 Å². The van der Waals surface area contributed by atoms with Crippen molar-refractivity contribution in [3.63, 3.8) is 0 Å². The molecule has 1 aliphatic heterocycles. The monoisotopic (exact) mass is 468 g/mol. The Morgan fingerprint density at radius 1 is 1.12 bits per heavy atom. The van der Waals surface area contributed by atoms with Crippen LogP contribution in [0.25, 0.3) is 6.08 Å². The van der Waals surface area contributed by atoms with Crippen molar-refractivity contribution >= 4 is 46.5 Å². The minimum absolute atomic E-state index is 0.167. The average Bonchev–Trinajstić information content (AvgIpc) is 3.03. The van der Waals surface area contributed by atoms with Gasteiger partial charge in [0.15, 0.2) is 6.61 Å². The van der Waals surface area contributed by atoms with Crippen LogP contribution in [0.2, 0.25) is 0 Å². The number of hydrogen-bond acceptors (Lipinski definition) is 7. The Labute approximate surface area is 195 Å². The van der Waals surface area contributed by atoms with Crippen LogP contribution in [0.1, 0.15) is 23.6 Å². The number of ether oxygens (including phenoxy) is 2. The van der Waals surface area contributed by atoms with Gasteiger partial charge in [0.1, 0.15) is 12.3 Å². The van der Waals surface area contributed by atoms with Crippen molar-refractivity contribution in [1.29, 1.82) is 0 Å². The minimum Gasteiger partial charge on any atom is -0.484 e. The van der Waals surface area contributed by atoms with Crippen molar-refractivity contribution in [3.05, 3.63) is 64.1 Å². The Morgan fingerprint density at radius 2 is 1.88 bits per heavy atom. The number of imide groups is 1. The minimum atomic E-state index is -0.643. The van der Waals surface area contributed by atoms with E-state index in [2.05, 4.69) is 5.32 Å². The summed E-state index contributed by atoms with van der Waals surface area (Å²) in [5.41, 5.74) is 3.41. The van der Waals surface area contributed by atoms with Gasteiger partial charge in [-0.1, -0.05) is 24.3 Å². The zero-order valence-electron chi connectivity index (χ0n) is 18.5. The third kappa shape index (κ3) is 6.23. The van der Waals surface area contributed by atoms with Gasteiger partial charge in [-0.2, -0.15) is 0 Å². The van der Waals surface area contributed by atoms with Gasteiger partial charge < -0.3 is 14.8 Å². The summed E-state index contributed by atoms with van der Waals surface area (Å²) in [5, 5.41) is 2.30. The van der Waals surface area contributed by atoms with E-state index in [1.807, 2.05) is 32.0 Å². The Bertz CT molecular complexity index is 1130. The number of aryl methyl sites for hydroxylation is 1. The van der Waals surface area contributed by atoms with Gasteiger partial charge in [0.05, 0.1) is 11.5 Å². The number of carbonyl (C=O) groups is 4. The first-order valence-electron chi connectivity index (χ1n) is 10.3. The van der Waals surface area contributed by atoms with E-state index >= 15 is 0 Å². The predicted molar refractivity (Wildman–Crippen MR) is 126 cm³/mol. The summed E-state index contributed by atoms with van der Waals surface area (Å²) in [7, 11) is 0. The van der Waals surface area contributed by atoms with E-state index < -0.39 is 23.7 Å². The maximum absolute atomic E-state index is 12.5. The summed E-state index contributed by atoms with van der Waals surface area (Å²) in [6.07, 6.45) is 1.54. The van der Waals surface area contributed by atoms with Crippen LogP contribution in [0.3, 0.4) is 0 Å². The molecule has 0 unspecified atom stereocenters. The van der Waals surface area contributed by atoms with Gasteiger partial charge in [0, 0.05) is 5.69 Å². The Balaban J connectivity index is 1.62. The molecule has 0 aliphatic carbocycles. The maximum Gasteiger partial charge on any atom is 0.326 e. The van der Waals surface area contributed by atoms with Gasteiger partial charge in [-0.3, -0.25) is 24.1 Å². The first-order chi connectivity index (χ1) is 15.8. The van der Waals surface area contributed by atoms with Crippen molar-refractivity contribution < 1.29 is 28.7 Å². The zero-order chi connectivity index (χ0) is 24.0. The second kappa shape index (κ2) is 10.8. The molecule has 2 aromatic rings. The first-order valence-corrected chi connectivity index (χ1v) is 11.1. The molecule has 2 aromatic carbocycles. The third-order valence-corrected chi connectivity index (χ3v) is 5.78. The number of hydrogen-bond donors (Lipinski definition) is 1. The molecule has 9 heteroatoms. The van der Waals surface area contributed by atoms with Gasteiger partial charge in [-0.05, 0) is 73.5 Å². The van der Waals surface area contributed by atoms with Crippen LogP contribution in [0.5, 0.6) is 5.75 Å². The largest absolute Gasteiger partial charge is 0.484 e. The lowest BCUT2D eigenvalue weighted by molar-refractivity contribution is -0.146. The lowest BCUT2D eigenvalue weighted by Gasteiger charge is -2.11. The van der Waals surface area contributed by atoms with Crippen LogP contribution in [-0.4, -0.2) is 47.7 Å². The number of rotatable bonds is 8. The van der Waals surface area contributed by atoms with Crippen molar-refractivity contribution in [3.8, 4) is 5.75 Å². The summed E-state index contributed by atoms with van der Waals surface area (Å²) < 4.78 is 10.4. The first kappa shape index (κ1) is 24.1. The molecule has 0 saturated carbocycles. The van der Waals surface area contributed by atoms with Gasteiger partial charge >= 0.3 is 5.97 Å². The molecule has 0 bridgehead atoms. The number of esters is 1. The molecule has 3 amide bonds. The van der Waals surface area contributed by atoms with Crippen molar-refractivity contribution in [1.82, 2.24) is 4.90 Å². The number of anilines is 1. The topological polar surface area (TPSA) is 102 Å². The molecule has 1 saturated heterocycles. The highest BCUT2D eigenvalue weighted by Crippen LogP contribution is 2.32. The third-order valence-electron chi connectivity index (χ3n) is 4.87. The summed E-state index contributed by atoms with van der Waals surface area (Å²) in [5.74, 6) is -1.06. The van der Waals surface area contributed by atoms with Gasteiger partial charge in [0.25, 0.3) is 17.1 Å². The molecule has 0 atom stereocenters. The highest BCUT2D eigenvalue weighted by atomic mass is 32.2. The Hall–Kier alpha value is -3.59. The van der Waals surface area contributed by atoms with E-state index in [1.165, 1.54) is 0 Å². The van der Waals surface area contributed by atoms with Gasteiger partial charge in [-0.25, -0.2) is 0 Å². The second-order valence-corrected chi connectivity index (χ2v) is 8.22. The van der Waals surface area contributed by atoms with E-state index in [4.69, 9.17) is 9.47 Å². The van der Waals surface area contributed by atoms with Crippen molar-refractivity contribution in [2.24, 2.45) is 0 Å². The molecule has 172 valence electrons. The fourth-order valence-corrected chi connectivity index (χ4v) is 3.88. The number of benzene rings is 2.